The number of hydrazone groups is 1. The van der Waals surface area contributed by atoms with Crippen molar-refractivity contribution in [1.82, 2.24) is 5.43 Å². The highest BCUT2D eigenvalue weighted by atomic mass is 32.1. The first-order valence-corrected chi connectivity index (χ1v) is 9.63. The minimum atomic E-state index is 0.188. The van der Waals surface area contributed by atoms with Crippen molar-refractivity contribution in [3.8, 4) is 5.75 Å². The lowest BCUT2D eigenvalue weighted by atomic mass is 10.0. The van der Waals surface area contributed by atoms with Crippen LogP contribution in [0.3, 0.4) is 0 Å². The van der Waals surface area contributed by atoms with Crippen LogP contribution in [-0.4, -0.2) is 29.5 Å². The van der Waals surface area contributed by atoms with Crippen molar-refractivity contribution in [1.29, 1.82) is 0 Å². The minimum Gasteiger partial charge on any atom is -0.507 e. The normalized spacial score (nSPS) is 11.0. The molecule has 0 fully saturated rings. The molecule has 0 unspecified atom stereocenters. The zero-order valence-corrected chi connectivity index (χ0v) is 17.2. The van der Waals surface area contributed by atoms with Crippen molar-refractivity contribution in [2.75, 3.05) is 23.3 Å². The summed E-state index contributed by atoms with van der Waals surface area (Å²) in [6.07, 6.45) is 1.55. The van der Waals surface area contributed by atoms with Crippen LogP contribution in [0.4, 0.5) is 11.4 Å². The van der Waals surface area contributed by atoms with Gasteiger partial charge in [-0.2, -0.15) is 5.10 Å². The van der Waals surface area contributed by atoms with Crippen molar-refractivity contribution >= 4 is 34.9 Å². The van der Waals surface area contributed by atoms with Gasteiger partial charge in [0.05, 0.1) is 6.21 Å². The third-order valence-electron chi connectivity index (χ3n) is 4.35. The predicted molar refractivity (Wildman–Crippen MR) is 119 cm³/mol. The number of benzene rings is 2. The molecule has 0 amide bonds. The molecule has 0 atom stereocenters. The quantitative estimate of drug-likeness (QED) is 0.367. The number of hydrogen-bond acceptors (Lipinski definition) is 4. The van der Waals surface area contributed by atoms with E-state index in [1.807, 2.05) is 24.3 Å². The zero-order valence-electron chi connectivity index (χ0n) is 16.4. The number of phenols is 1. The largest absolute Gasteiger partial charge is 0.507 e. The molecule has 0 aromatic heterocycles. The van der Waals surface area contributed by atoms with E-state index in [2.05, 4.69) is 60.6 Å². The van der Waals surface area contributed by atoms with Crippen molar-refractivity contribution in [3.63, 3.8) is 0 Å². The molecule has 0 aliphatic carbocycles. The van der Waals surface area contributed by atoms with Crippen molar-refractivity contribution < 1.29 is 5.11 Å². The van der Waals surface area contributed by atoms with Gasteiger partial charge in [0.15, 0.2) is 5.11 Å². The van der Waals surface area contributed by atoms with E-state index >= 15 is 0 Å². The zero-order chi connectivity index (χ0) is 19.8. The van der Waals surface area contributed by atoms with E-state index < -0.39 is 0 Å². The van der Waals surface area contributed by atoms with Crippen molar-refractivity contribution in [2.45, 2.75) is 33.6 Å². The first-order valence-electron chi connectivity index (χ1n) is 9.22. The average molecular weight is 385 g/mol. The molecular weight excluding hydrogens is 356 g/mol. The van der Waals surface area contributed by atoms with Gasteiger partial charge in [-0.05, 0) is 61.8 Å². The highest BCUT2D eigenvalue weighted by Gasteiger charge is 2.05. The molecule has 2 rings (SSSR count). The van der Waals surface area contributed by atoms with E-state index in [0.29, 0.717) is 16.6 Å². The molecule has 0 heterocycles. The molecule has 0 aliphatic heterocycles. The Morgan fingerprint density at radius 3 is 2.37 bits per heavy atom. The van der Waals surface area contributed by atoms with Gasteiger partial charge in [-0.3, -0.25) is 5.43 Å². The van der Waals surface area contributed by atoms with Crippen LogP contribution in [0.1, 0.15) is 44.7 Å². The first-order chi connectivity index (χ1) is 12.9. The van der Waals surface area contributed by atoms with E-state index in [0.717, 1.165) is 24.5 Å². The maximum Gasteiger partial charge on any atom is 0.191 e. The van der Waals surface area contributed by atoms with E-state index in [9.17, 15) is 5.11 Å². The number of anilines is 2. The minimum absolute atomic E-state index is 0.188. The number of nitrogens with one attached hydrogen (secondary N) is 2. The lowest BCUT2D eigenvalue weighted by Crippen LogP contribution is -2.23. The fourth-order valence-electron chi connectivity index (χ4n) is 2.70. The van der Waals surface area contributed by atoms with Crippen LogP contribution in [0.15, 0.2) is 47.6 Å². The van der Waals surface area contributed by atoms with Gasteiger partial charge >= 0.3 is 0 Å². The van der Waals surface area contributed by atoms with Crippen LogP contribution in [0.5, 0.6) is 5.75 Å². The average Bonchev–Trinajstić information content (AvgIpc) is 2.65. The van der Waals surface area contributed by atoms with Crippen LogP contribution >= 0.6 is 12.2 Å². The number of rotatable bonds is 7. The Balaban J connectivity index is 1.93. The van der Waals surface area contributed by atoms with Crippen LogP contribution in [-0.2, 0) is 0 Å². The molecule has 144 valence electrons. The first kappa shape index (κ1) is 20.7. The van der Waals surface area contributed by atoms with Crippen LogP contribution in [0.25, 0.3) is 0 Å². The highest BCUT2D eigenvalue weighted by molar-refractivity contribution is 7.80. The molecule has 0 bridgehead atoms. The molecule has 6 heteroatoms. The lowest BCUT2D eigenvalue weighted by Gasteiger charge is -2.21. The van der Waals surface area contributed by atoms with E-state index in [-0.39, 0.29) is 5.75 Å². The van der Waals surface area contributed by atoms with Gasteiger partial charge in [0.1, 0.15) is 5.75 Å². The Bertz CT molecular complexity index is 783. The topological polar surface area (TPSA) is 59.9 Å². The Morgan fingerprint density at radius 1 is 1.15 bits per heavy atom. The van der Waals surface area contributed by atoms with Gasteiger partial charge in [0.2, 0.25) is 0 Å². The molecule has 0 saturated heterocycles. The van der Waals surface area contributed by atoms with Crippen LogP contribution in [0.2, 0.25) is 0 Å². The molecule has 3 N–H and O–H groups in total. The smallest absolute Gasteiger partial charge is 0.191 e. The van der Waals surface area contributed by atoms with Crippen LogP contribution < -0.4 is 15.6 Å². The van der Waals surface area contributed by atoms with Gasteiger partial charge in [-0.25, -0.2) is 0 Å². The Hall–Kier alpha value is -2.60. The fraction of sp³-hybridized carbons (Fsp3) is 0.333. The predicted octanol–water partition coefficient (Wildman–Crippen LogP) is 4.68. The standard InChI is InChI=1S/C21H28N4OS/c1-5-25(6-2)19-12-9-17(20(26)13-19)14-22-24-21(27)23-18-10-7-16(8-11-18)15(3)4/h7-15,26H,5-6H2,1-4H3,(H2,23,24,27)/b22-14+. The van der Waals surface area contributed by atoms with E-state index in [4.69, 9.17) is 12.2 Å². The van der Waals surface area contributed by atoms with Gasteiger partial charge in [0, 0.05) is 36.1 Å². The Kier molecular flexibility index (Phi) is 7.61. The highest BCUT2D eigenvalue weighted by Crippen LogP contribution is 2.23. The molecule has 27 heavy (non-hydrogen) atoms. The maximum atomic E-state index is 10.2. The summed E-state index contributed by atoms with van der Waals surface area (Å²) >= 11 is 5.25. The van der Waals surface area contributed by atoms with Crippen molar-refractivity contribution in [2.24, 2.45) is 5.10 Å². The molecule has 2 aromatic carbocycles. The summed E-state index contributed by atoms with van der Waals surface area (Å²) in [5.41, 5.74) is 6.57. The second-order valence-electron chi connectivity index (χ2n) is 6.52. The van der Waals surface area contributed by atoms with E-state index in [1.54, 1.807) is 12.3 Å². The van der Waals surface area contributed by atoms with Crippen molar-refractivity contribution in [3.05, 3.63) is 53.6 Å². The third-order valence-corrected chi connectivity index (χ3v) is 4.54. The number of hydrogen-bond donors (Lipinski definition) is 3. The molecule has 5 nitrogen and oxygen atoms in total. The van der Waals surface area contributed by atoms with Gasteiger partial charge < -0.3 is 15.3 Å². The summed E-state index contributed by atoms with van der Waals surface area (Å²) in [5.74, 6) is 0.683. The molecule has 0 radical (unpaired) electrons. The number of aromatic hydroxyl groups is 1. The molecule has 0 aliphatic rings. The monoisotopic (exact) mass is 384 g/mol. The summed E-state index contributed by atoms with van der Waals surface area (Å²) < 4.78 is 0. The fourth-order valence-corrected chi connectivity index (χ4v) is 2.87. The molecular formula is C21H28N4OS. The van der Waals surface area contributed by atoms with Gasteiger partial charge in [-0.1, -0.05) is 26.0 Å². The summed E-state index contributed by atoms with van der Waals surface area (Å²) in [7, 11) is 0. The summed E-state index contributed by atoms with van der Waals surface area (Å²) in [6.45, 7) is 10.3. The molecule has 2 aromatic rings. The molecule has 0 spiro atoms. The van der Waals surface area contributed by atoms with E-state index in [1.165, 1.54) is 5.56 Å². The SMILES string of the molecule is CCN(CC)c1ccc(/C=N/NC(=S)Nc2ccc(C(C)C)cc2)c(O)c1. The Labute approximate surface area is 167 Å². The molecule has 0 saturated carbocycles. The summed E-state index contributed by atoms with van der Waals surface area (Å²) in [6, 6.07) is 13.7. The van der Waals surface area contributed by atoms with Gasteiger partial charge in [-0.15, -0.1) is 0 Å². The van der Waals surface area contributed by atoms with Crippen LogP contribution in [0, 0.1) is 0 Å². The maximum absolute atomic E-state index is 10.2. The summed E-state index contributed by atoms with van der Waals surface area (Å²) in [4.78, 5) is 2.17. The second kappa shape index (κ2) is 9.92. The second-order valence-corrected chi connectivity index (χ2v) is 6.92. The number of nitrogens with zero attached hydrogens (tertiary/aromatic N) is 2. The number of thiocarbonyl (C=S) groups is 1. The Morgan fingerprint density at radius 2 is 1.81 bits per heavy atom. The number of phenolic OH excluding ortho intramolecular Hbond substituents is 1. The third kappa shape index (κ3) is 5.96. The van der Waals surface area contributed by atoms with Gasteiger partial charge in [0.25, 0.3) is 0 Å². The lowest BCUT2D eigenvalue weighted by molar-refractivity contribution is 0.474. The summed E-state index contributed by atoms with van der Waals surface area (Å²) in [5, 5.41) is 17.8.